The van der Waals surface area contributed by atoms with Gasteiger partial charge in [-0.3, -0.25) is 15.2 Å². The molecule has 0 fully saturated rings. The van der Waals surface area contributed by atoms with Gasteiger partial charge in [-0.1, -0.05) is 11.8 Å². The number of carbonyl (C=O) groups is 1. The van der Waals surface area contributed by atoms with Crippen LogP contribution in [0.2, 0.25) is 0 Å². The highest BCUT2D eigenvalue weighted by molar-refractivity contribution is 7.99. The zero-order chi connectivity index (χ0) is 14.4. The molecule has 9 heteroatoms. The van der Waals surface area contributed by atoms with Gasteiger partial charge in [0.2, 0.25) is 17.8 Å². The van der Waals surface area contributed by atoms with E-state index in [-0.39, 0.29) is 5.91 Å². The summed E-state index contributed by atoms with van der Waals surface area (Å²) < 4.78 is 0. The Morgan fingerprint density at radius 3 is 2.42 bits per heavy atom. The van der Waals surface area contributed by atoms with Crippen molar-refractivity contribution in [1.82, 2.24) is 20.4 Å². The smallest absolute Gasteiger partial charge is 0.250 e. The van der Waals surface area contributed by atoms with Crippen molar-refractivity contribution in [2.24, 2.45) is 0 Å². The average molecular weight is 305 g/mol. The number of aromatic nitrogens is 3. The Bertz CT molecular complexity index is 444. The maximum Gasteiger partial charge on any atom is 0.250 e. The predicted molar refractivity (Wildman–Crippen MR) is 77.8 cm³/mol. The van der Waals surface area contributed by atoms with Crippen LogP contribution in [0.5, 0.6) is 0 Å². The fourth-order valence-electron chi connectivity index (χ4n) is 1.17. The number of nitrogens with one attached hydrogen (secondary N) is 1. The molecule has 7 nitrogen and oxygen atoms in total. The topological polar surface area (TPSA) is 74.2 Å². The summed E-state index contributed by atoms with van der Waals surface area (Å²) in [7, 11) is 5.35. The molecule has 1 aromatic rings. The Morgan fingerprint density at radius 1 is 1.26 bits per heavy atom. The van der Waals surface area contributed by atoms with Crippen molar-refractivity contribution in [3.05, 3.63) is 0 Å². The largest absolute Gasteiger partial charge is 0.347 e. The number of hydrogen-bond acceptors (Lipinski definition) is 7. The highest BCUT2D eigenvalue weighted by Gasteiger charge is 2.12. The molecule has 0 spiro atoms. The molecule has 0 atom stereocenters. The van der Waals surface area contributed by atoms with Crippen molar-refractivity contribution in [1.29, 1.82) is 0 Å². The van der Waals surface area contributed by atoms with E-state index >= 15 is 0 Å². The fourth-order valence-corrected chi connectivity index (χ4v) is 1.95. The molecule has 106 valence electrons. The summed E-state index contributed by atoms with van der Waals surface area (Å²) in [5.74, 6) is 1.95. The Labute approximate surface area is 121 Å². The summed E-state index contributed by atoms with van der Waals surface area (Å²) in [6, 6.07) is 0. The van der Waals surface area contributed by atoms with E-state index < -0.39 is 0 Å². The fraction of sp³-hybridized carbons (Fsp3) is 0.600. The molecule has 0 bridgehead atoms. The predicted octanol–water partition coefficient (Wildman–Crippen LogP) is 0.756. The third-order valence-corrected chi connectivity index (χ3v) is 3.19. The van der Waals surface area contributed by atoms with E-state index in [0.717, 1.165) is 0 Å². The minimum absolute atomic E-state index is 0.190. The van der Waals surface area contributed by atoms with Gasteiger partial charge < -0.3 is 4.90 Å². The van der Waals surface area contributed by atoms with Gasteiger partial charge in [0.25, 0.3) is 0 Å². The third kappa shape index (κ3) is 5.07. The van der Waals surface area contributed by atoms with Crippen molar-refractivity contribution in [2.45, 2.75) is 12.1 Å². The minimum atomic E-state index is -0.190. The van der Waals surface area contributed by atoms with Gasteiger partial charge in [-0.2, -0.15) is 15.0 Å². The van der Waals surface area contributed by atoms with Crippen LogP contribution in [-0.2, 0) is 4.79 Å². The molecular formula is C10H17ClN6OS. The summed E-state index contributed by atoms with van der Waals surface area (Å²) in [5, 5.41) is 2.04. The summed E-state index contributed by atoms with van der Waals surface area (Å²) in [4.78, 5) is 25.7. The van der Waals surface area contributed by atoms with Crippen molar-refractivity contribution in [3.8, 4) is 0 Å². The quantitative estimate of drug-likeness (QED) is 0.472. The Hall–Kier alpha value is -1.28. The zero-order valence-electron chi connectivity index (χ0n) is 11.3. The van der Waals surface area contributed by atoms with Crippen LogP contribution in [-0.4, -0.2) is 53.6 Å². The number of rotatable bonds is 6. The molecule has 0 aliphatic rings. The molecule has 0 aliphatic heterocycles. The van der Waals surface area contributed by atoms with Crippen LogP contribution < -0.4 is 15.3 Å². The van der Waals surface area contributed by atoms with Gasteiger partial charge in [0, 0.05) is 39.7 Å². The molecule has 0 aromatic carbocycles. The van der Waals surface area contributed by atoms with E-state index in [1.54, 1.807) is 11.9 Å². The van der Waals surface area contributed by atoms with Crippen molar-refractivity contribution in [2.75, 3.05) is 42.7 Å². The lowest BCUT2D eigenvalue weighted by Gasteiger charge is -2.19. The highest BCUT2D eigenvalue weighted by atomic mass is 35.5. The summed E-state index contributed by atoms with van der Waals surface area (Å²) >= 11 is 7.10. The lowest BCUT2D eigenvalue weighted by Crippen LogP contribution is -2.39. The van der Waals surface area contributed by atoms with E-state index in [2.05, 4.69) is 20.4 Å². The van der Waals surface area contributed by atoms with Crippen molar-refractivity contribution >= 4 is 41.2 Å². The normalized spacial score (nSPS) is 10.2. The number of hydrazine groups is 1. The number of thioether (sulfide) groups is 1. The van der Waals surface area contributed by atoms with Crippen LogP contribution >= 0.6 is 23.4 Å². The standard InChI is InChI=1S/C10H17ClN6OS/c1-7(18)15-17(4)9-12-8(16(2)3)13-10(14-9)19-6-5-11/h5-6H2,1-4H3,(H,15,18). The molecule has 0 saturated carbocycles. The first-order chi connectivity index (χ1) is 8.93. The molecular weight excluding hydrogens is 288 g/mol. The van der Waals surface area contributed by atoms with E-state index in [9.17, 15) is 4.79 Å². The molecule has 0 aliphatic carbocycles. The number of carbonyl (C=O) groups excluding carboxylic acids is 1. The number of nitrogens with zero attached hydrogens (tertiary/aromatic N) is 5. The van der Waals surface area contributed by atoms with Crippen LogP contribution in [0.25, 0.3) is 0 Å². The van der Waals surface area contributed by atoms with Crippen molar-refractivity contribution < 1.29 is 4.79 Å². The number of hydrogen-bond donors (Lipinski definition) is 1. The van der Waals surface area contributed by atoms with Crippen LogP contribution in [0.15, 0.2) is 5.16 Å². The lowest BCUT2D eigenvalue weighted by molar-refractivity contribution is -0.119. The third-order valence-electron chi connectivity index (χ3n) is 1.92. The molecule has 1 heterocycles. The summed E-state index contributed by atoms with van der Waals surface area (Å²) in [6.07, 6.45) is 0. The molecule has 1 aromatic heterocycles. The summed E-state index contributed by atoms with van der Waals surface area (Å²) in [5.41, 5.74) is 2.60. The number of halogens is 1. The molecule has 0 unspecified atom stereocenters. The minimum Gasteiger partial charge on any atom is -0.347 e. The van der Waals surface area contributed by atoms with Gasteiger partial charge >= 0.3 is 0 Å². The Morgan fingerprint density at radius 2 is 1.89 bits per heavy atom. The van der Waals surface area contributed by atoms with Gasteiger partial charge in [-0.05, 0) is 0 Å². The molecule has 19 heavy (non-hydrogen) atoms. The zero-order valence-corrected chi connectivity index (χ0v) is 12.9. The monoisotopic (exact) mass is 304 g/mol. The number of amides is 1. The first kappa shape index (κ1) is 15.8. The Kier molecular flexibility index (Phi) is 6.10. The van der Waals surface area contributed by atoms with Gasteiger partial charge in [0.05, 0.1) is 0 Å². The Balaban J connectivity index is 3.01. The maximum absolute atomic E-state index is 11.0. The molecule has 1 rings (SSSR count). The van der Waals surface area contributed by atoms with Gasteiger partial charge in [-0.15, -0.1) is 11.6 Å². The van der Waals surface area contributed by atoms with Crippen molar-refractivity contribution in [3.63, 3.8) is 0 Å². The van der Waals surface area contributed by atoms with E-state index in [0.29, 0.717) is 28.7 Å². The molecule has 0 saturated heterocycles. The van der Waals surface area contributed by atoms with E-state index in [1.807, 2.05) is 14.1 Å². The first-order valence-corrected chi connectivity index (χ1v) is 7.09. The SMILES string of the molecule is CC(=O)NN(C)c1nc(SCCCl)nc(N(C)C)n1. The van der Waals surface area contributed by atoms with Gasteiger partial charge in [0.1, 0.15) is 0 Å². The number of alkyl halides is 1. The first-order valence-electron chi connectivity index (χ1n) is 5.57. The van der Waals surface area contributed by atoms with Gasteiger partial charge in [0.15, 0.2) is 5.16 Å². The second-order valence-corrected chi connectivity index (χ2v) is 5.32. The number of anilines is 2. The van der Waals surface area contributed by atoms with Crippen LogP contribution in [0.4, 0.5) is 11.9 Å². The second-order valence-electron chi connectivity index (χ2n) is 3.88. The molecule has 0 radical (unpaired) electrons. The highest BCUT2D eigenvalue weighted by Crippen LogP contribution is 2.18. The van der Waals surface area contributed by atoms with Crippen LogP contribution in [0.3, 0.4) is 0 Å². The second kappa shape index (κ2) is 7.34. The van der Waals surface area contributed by atoms with Crippen LogP contribution in [0.1, 0.15) is 6.92 Å². The van der Waals surface area contributed by atoms with Gasteiger partial charge in [-0.25, -0.2) is 0 Å². The van der Waals surface area contributed by atoms with Crippen LogP contribution in [0, 0.1) is 0 Å². The van der Waals surface area contributed by atoms with E-state index in [1.165, 1.54) is 23.7 Å². The average Bonchev–Trinajstić information content (AvgIpc) is 2.35. The van der Waals surface area contributed by atoms with E-state index in [4.69, 9.17) is 11.6 Å². The molecule has 1 amide bonds. The summed E-state index contributed by atoms with van der Waals surface area (Å²) in [6.45, 7) is 1.42. The maximum atomic E-state index is 11.0. The molecule has 1 N–H and O–H groups in total. The lowest BCUT2D eigenvalue weighted by atomic mass is 10.7.